The summed E-state index contributed by atoms with van der Waals surface area (Å²) < 4.78 is 0. The Hall–Kier alpha value is -0.260. The van der Waals surface area contributed by atoms with Crippen LogP contribution in [0.2, 0.25) is 0 Å². The van der Waals surface area contributed by atoms with Crippen molar-refractivity contribution in [3.63, 3.8) is 0 Å². The van der Waals surface area contributed by atoms with Gasteiger partial charge >= 0.3 is 0 Å². The number of rotatable bonds is 7. The Bertz CT molecular complexity index is 103. The predicted molar refractivity (Wildman–Crippen MR) is 57.4 cm³/mol. The first-order valence-corrected chi connectivity index (χ1v) is 5.47. The van der Waals surface area contributed by atoms with Gasteiger partial charge in [-0.05, 0) is 18.8 Å². The molecule has 1 atom stereocenters. The summed E-state index contributed by atoms with van der Waals surface area (Å²) in [6.45, 7) is 6.78. The van der Waals surface area contributed by atoms with E-state index >= 15 is 0 Å². The van der Waals surface area contributed by atoms with Gasteiger partial charge in [-0.15, -0.1) is 0 Å². The smallest absolute Gasteiger partial charge is 0.0265 e. The fourth-order valence-corrected chi connectivity index (χ4v) is 1.15. The maximum absolute atomic E-state index is 2.35. The van der Waals surface area contributed by atoms with Crippen LogP contribution in [0, 0.1) is 5.92 Å². The lowest BCUT2D eigenvalue weighted by Gasteiger charge is -1.99. The molecule has 0 saturated carbocycles. The van der Waals surface area contributed by atoms with Gasteiger partial charge in [0.1, 0.15) is 0 Å². The molecule has 0 heteroatoms. The minimum atomic E-state index is 0.774. The molecular formula is C12H24. The summed E-state index contributed by atoms with van der Waals surface area (Å²) in [4.78, 5) is 0. The van der Waals surface area contributed by atoms with Crippen LogP contribution in [0.25, 0.3) is 0 Å². The zero-order chi connectivity index (χ0) is 9.23. The highest BCUT2D eigenvalue weighted by atomic mass is 14.0. The summed E-state index contributed by atoms with van der Waals surface area (Å²) in [5.74, 6) is 0.774. The highest BCUT2D eigenvalue weighted by Gasteiger charge is 1.89. The molecule has 0 rings (SSSR count). The average molecular weight is 168 g/mol. The molecule has 1 unspecified atom stereocenters. The third-order valence-electron chi connectivity index (χ3n) is 2.33. The Labute approximate surface area is 78.1 Å². The molecule has 12 heavy (non-hydrogen) atoms. The van der Waals surface area contributed by atoms with Crippen LogP contribution in [0.1, 0.15) is 59.3 Å². The summed E-state index contributed by atoms with van der Waals surface area (Å²) >= 11 is 0. The average Bonchev–Trinajstić information content (AvgIpc) is 2.10. The molecule has 0 nitrogen and oxygen atoms in total. The molecule has 0 heterocycles. The third kappa shape index (κ3) is 7.84. The number of hydrogen-bond donors (Lipinski definition) is 0. The molecule has 0 aromatic carbocycles. The van der Waals surface area contributed by atoms with Crippen molar-refractivity contribution in [2.45, 2.75) is 59.3 Å². The molecule has 0 bridgehead atoms. The lowest BCUT2D eigenvalue weighted by Crippen LogP contribution is -1.83. The van der Waals surface area contributed by atoms with Crippen molar-refractivity contribution in [2.24, 2.45) is 5.92 Å². The summed E-state index contributed by atoms with van der Waals surface area (Å²) in [5.41, 5.74) is 0. The van der Waals surface area contributed by atoms with E-state index in [0.717, 1.165) is 5.92 Å². The van der Waals surface area contributed by atoms with E-state index in [2.05, 4.69) is 32.9 Å². The van der Waals surface area contributed by atoms with Crippen molar-refractivity contribution in [1.82, 2.24) is 0 Å². The minimum Gasteiger partial charge on any atom is -0.0883 e. The van der Waals surface area contributed by atoms with Gasteiger partial charge in [-0.3, -0.25) is 0 Å². The van der Waals surface area contributed by atoms with Gasteiger partial charge in [-0.25, -0.2) is 0 Å². The molecule has 0 aliphatic heterocycles. The normalized spacial score (nSPS) is 13.9. The second kappa shape index (κ2) is 8.83. The Morgan fingerprint density at radius 3 is 2.42 bits per heavy atom. The van der Waals surface area contributed by atoms with Crippen LogP contribution < -0.4 is 0 Å². The molecule has 0 radical (unpaired) electrons. The summed E-state index contributed by atoms with van der Waals surface area (Å²) in [7, 11) is 0. The second-order valence-corrected chi connectivity index (χ2v) is 3.66. The molecule has 0 amide bonds. The van der Waals surface area contributed by atoms with Crippen LogP contribution in [0.4, 0.5) is 0 Å². The van der Waals surface area contributed by atoms with Gasteiger partial charge in [0, 0.05) is 0 Å². The molecular weight excluding hydrogens is 144 g/mol. The van der Waals surface area contributed by atoms with E-state index in [-0.39, 0.29) is 0 Å². The van der Waals surface area contributed by atoms with Crippen molar-refractivity contribution < 1.29 is 0 Å². The fourth-order valence-electron chi connectivity index (χ4n) is 1.15. The van der Waals surface area contributed by atoms with Gasteiger partial charge in [0.25, 0.3) is 0 Å². The molecule has 0 spiro atoms. The molecule has 72 valence electrons. The van der Waals surface area contributed by atoms with Gasteiger partial charge in [0.15, 0.2) is 0 Å². The quantitative estimate of drug-likeness (QED) is 0.386. The SMILES string of the molecule is CCCCCC/C=C\C(C)CC. The largest absolute Gasteiger partial charge is 0.0883 e. The van der Waals surface area contributed by atoms with E-state index in [1.807, 2.05) is 0 Å². The lowest BCUT2D eigenvalue weighted by molar-refractivity contribution is 0.664. The van der Waals surface area contributed by atoms with Crippen LogP contribution in [-0.4, -0.2) is 0 Å². The number of unbranched alkanes of at least 4 members (excludes halogenated alkanes) is 4. The Morgan fingerprint density at radius 2 is 1.83 bits per heavy atom. The van der Waals surface area contributed by atoms with Crippen molar-refractivity contribution in [3.8, 4) is 0 Å². The lowest BCUT2D eigenvalue weighted by atomic mass is 10.1. The maximum atomic E-state index is 2.35. The molecule has 0 fully saturated rings. The van der Waals surface area contributed by atoms with Gasteiger partial charge in [0.2, 0.25) is 0 Å². The highest BCUT2D eigenvalue weighted by Crippen LogP contribution is 2.06. The summed E-state index contributed by atoms with van der Waals surface area (Å²) in [5, 5.41) is 0. The van der Waals surface area contributed by atoms with Crippen LogP contribution in [0.5, 0.6) is 0 Å². The van der Waals surface area contributed by atoms with E-state index < -0.39 is 0 Å². The number of hydrogen-bond acceptors (Lipinski definition) is 0. The van der Waals surface area contributed by atoms with E-state index in [0.29, 0.717) is 0 Å². The first-order chi connectivity index (χ1) is 5.81. The minimum absolute atomic E-state index is 0.774. The van der Waals surface area contributed by atoms with Crippen LogP contribution in [0.15, 0.2) is 12.2 Å². The van der Waals surface area contributed by atoms with Crippen LogP contribution >= 0.6 is 0 Å². The van der Waals surface area contributed by atoms with Gasteiger partial charge in [0.05, 0.1) is 0 Å². The number of allylic oxidation sites excluding steroid dienone is 2. The van der Waals surface area contributed by atoms with Crippen molar-refractivity contribution >= 4 is 0 Å². The Balaban J connectivity index is 3.12. The Kier molecular flexibility index (Phi) is 8.64. The molecule has 0 N–H and O–H groups in total. The molecule has 0 aliphatic rings. The molecule has 0 saturated heterocycles. The van der Waals surface area contributed by atoms with Gasteiger partial charge in [-0.1, -0.05) is 58.6 Å². The van der Waals surface area contributed by atoms with Crippen LogP contribution in [-0.2, 0) is 0 Å². The standard InChI is InChI=1S/C12H24/c1-4-6-7-8-9-10-11-12(3)5-2/h10-12H,4-9H2,1-3H3/b11-10-. The van der Waals surface area contributed by atoms with Crippen molar-refractivity contribution in [3.05, 3.63) is 12.2 Å². The molecule has 0 aliphatic carbocycles. The van der Waals surface area contributed by atoms with Gasteiger partial charge < -0.3 is 0 Å². The Morgan fingerprint density at radius 1 is 1.08 bits per heavy atom. The first kappa shape index (κ1) is 11.7. The topological polar surface area (TPSA) is 0 Å². The second-order valence-electron chi connectivity index (χ2n) is 3.66. The fraction of sp³-hybridized carbons (Fsp3) is 0.833. The van der Waals surface area contributed by atoms with Crippen molar-refractivity contribution in [1.29, 1.82) is 0 Å². The summed E-state index contributed by atoms with van der Waals surface area (Å²) in [6, 6.07) is 0. The highest BCUT2D eigenvalue weighted by molar-refractivity contribution is 4.85. The maximum Gasteiger partial charge on any atom is -0.0265 e. The van der Waals surface area contributed by atoms with E-state index in [1.54, 1.807) is 0 Å². The van der Waals surface area contributed by atoms with E-state index in [4.69, 9.17) is 0 Å². The first-order valence-electron chi connectivity index (χ1n) is 5.47. The molecule has 0 aromatic heterocycles. The monoisotopic (exact) mass is 168 g/mol. The van der Waals surface area contributed by atoms with Gasteiger partial charge in [-0.2, -0.15) is 0 Å². The zero-order valence-corrected chi connectivity index (χ0v) is 8.97. The zero-order valence-electron chi connectivity index (χ0n) is 8.97. The summed E-state index contributed by atoms with van der Waals surface area (Å²) in [6.07, 6.45) is 12.8. The van der Waals surface area contributed by atoms with E-state index in [1.165, 1.54) is 38.5 Å². The van der Waals surface area contributed by atoms with E-state index in [9.17, 15) is 0 Å². The third-order valence-corrected chi connectivity index (χ3v) is 2.33. The van der Waals surface area contributed by atoms with Crippen LogP contribution in [0.3, 0.4) is 0 Å². The van der Waals surface area contributed by atoms with Crippen molar-refractivity contribution in [2.75, 3.05) is 0 Å². The molecule has 0 aromatic rings. The predicted octanol–water partition coefficient (Wildman–Crippen LogP) is 4.56.